The van der Waals surface area contributed by atoms with E-state index in [4.69, 9.17) is 15.9 Å². The highest BCUT2D eigenvalue weighted by Crippen LogP contribution is 2.28. The number of nitrogens with one attached hydrogen (secondary N) is 3. The van der Waals surface area contributed by atoms with Gasteiger partial charge < -0.3 is 21.1 Å². The molecule has 4 aromatic rings. The first-order valence-electron chi connectivity index (χ1n) is 10.7. The molecule has 8 nitrogen and oxygen atoms in total. The summed E-state index contributed by atoms with van der Waals surface area (Å²) in [5, 5.41) is 15.2. The molecule has 1 aromatic heterocycles. The molecule has 0 saturated heterocycles. The van der Waals surface area contributed by atoms with Gasteiger partial charge in [0.2, 0.25) is 0 Å². The highest BCUT2D eigenvalue weighted by atomic mass is 32.2. The number of ether oxygens (including phenoxy) is 1. The third-order valence-corrected chi connectivity index (χ3v) is 6.40. The molecule has 0 amide bonds. The van der Waals surface area contributed by atoms with E-state index in [2.05, 4.69) is 15.6 Å². The Morgan fingerprint density at radius 3 is 2.49 bits per heavy atom. The van der Waals surface area contributed by atoms with Gasteiger partial charge in [0.25, 0.3) is 0 Å². The van der Waals surface area contributed by atoms with Crippen molar-refractivity contribution in [1.82, 2.24) is 4.98 Å². The van der Waals surface area contributed by atoms with E-state index in [0.717, 1.165) is 5.69 Å². The SMILES string of the molecule is COc1ccccc1Nc1cc(C(=N)c2cc(Nc3cccc(S(C)(=O)=O)c3)ccc2N)ccn1. The molecule has 5 N–H and O–H groups in total. The van der Waals surface area contributed by atoms with Crippen molar-refractivity contribution >= 4 is 44.1 Å². The minimum atomic E-state index is -3.33. The first kappa shape index (κ1) is 23.8. The van der Waals surface area contributed by atoms with Gasteiger partial charge >= 0.3 is 0 Å². The maximum Gasteiger partial charge on any atom is 0.175 e. The Balaban J connectivity index is 1.60. The second kappa shape index (κ2) is 9.86. The van der Waals surface area contributed by atoms with E-state index in [1.807, 2.05) is 24.3 Å². The topological polar surface area (TPSA) is 130 Å². The van der Waals surface area contributed by atoms with E-state index in [9.17, 15) is 8.42 Å². The Morgan fingerprint density at radius 2 is 1.71 bits per heavy atom. The lowest BCUT2D eigenvalue weighted by Gasteiger charge is -2.14. The highest BCUT2D eigenvalue weighted by Gasteiger charge is 2.13. The summed E-state index contributed by atoms with van der Waals surface area (Å²) >= 11 is 0. The maximum absolute atomic E-state index is 11.9. The number of anilines is 5. The summed E-state index contributed by atoms with van der Waals surface area (Å²) in [6.45, 7) is 0. The molecule has 4 rings (SSSR count). The average molecular weight is 488 g/mol. The van der Waals surface area contributed by atoms with Crippen molar-refractivity contribution in [2.45, 2.75) is 4.90 Å². The highest BCUT2D eigenvalue weighted by molar-refractivity contribution is 7.90. The van der Waals surface area contributed by atoms with Gasteiger partial charge in [0.15, 0.2) is 9.84 Å². The molecule has 3 aromatic carbocycles. The predicted octanol–water partition coefficient (Wildman–Crippen LogP) is 4.98. The maximum atomic E-state index is 11.9. The number of nitrogens with zero attached hydrogens (tertiary/aromatic N) is 1. The molecule has 0 aliphatic heterocycles. The van der Waals surface area contributed by atoms with Crippen molar-refractivity contribution in [3.63, 3.8) is 0 Å². The zero-order valence-electron chi connectivity index (χ0n) is 19.2. The normalized spacial score (nSPS) is 11.0. The summed E-state index contributed by atoms with van der Waals surface area (Å²) in [5.41, 5.74) is 10.1. The van der Waals surface area contributed by atoms with E-state index < -0.39 is 9.84 Å². The smallest absolute Gasteiger partial charge is 0.175 e. The number of aromatic nitrogens is 1. The molecular weight excluding hydrogens is 462 g/mol. The fourth-order valence-corrected chi connectivity index (χ4v) is 4.18. The minimum absolute atomic E-state index is 0.220. The van der Waals surface area contributed by atoms with E-state index >= 15 is 0 Å². The molecule has 0 radical (unpaired) electrons. The quantitative estimate of drug-likeness (QED) is 0.204. The number of hydrogen-bond acceptors (Lipinski definition) is 8. The average Bonchev–Trinajstić information content (AvgIpc) is 2.85. The summed E-state index contributed by atoms with van der Waals surface area (Å²) in [6, 6.07) is 22.8. The van der Waals surface area contributed by atoms with Crippen LogP contribution < -0.4 is 21.1 Å². The van der Waals surface area contributed by atoms with Gasteiger partial charge in [0.1, 0.15) is 11.6 Å². The van der Waals surface area contributed by atoms with Crippen molar-refractivity contribution in [2.24, 2.45) is 0 Å². The summed E-state index contributed by atoms with van der Waals surface area (Å²) < 4.78 is 29.1. The summed E-state index contributed by atoms with van der Waals surface area (Å²) in [7, 11) is -1.73. The molecule has 9 heteroatoms. The van der Waals surface area contributed by atoms with Crippen LogP contribution in [0.5, 0.6) is 5.75 Å². The number of benzene rings is 3. The van der Waals surface area contributed by atoms with Crippen molar-refractivity contribution in [3.8, 4) is 5.75 Å². The largest absolute Gasteiger partial charge is 0.495 e. The van der Waals surface area contributed by atoms with Crippen LogP contribution in [0.3, 0.4) is 0 Å². The van der Waals surface area contributed by atoms with Crippen LogP contribution >= 0.6 is 0 Å². The molecule has 0 aliphatic carbocycles. The Labute approximate surface area is 204 Å². The standard InChI is InChI=1S/C26H25N5O3S/c1-34-24-9-4-3-8-23(24)31-25-14-17(12-13-29-25)26(28)21-16-19(10-11-22(21)27)30-18-6-5-7-20(15-18)35(2,32)33/h3-16,28,30H,27H2,1-2H3,(H,29,31). The van der Waals surface area contributed by atoms with Crippen LogP contribution in [-0.2, 0) is 9.84 Å². The van der Waals surface area contributed by atoms with Gasteiger partial charge in [0.05, 0.1) is 23.4 Å². The van der Waals surface area contributed by atoms with Crippen molar-refractivity contribution in [2.75, 3.05) is 29.7 Å². The second-order valence-corrected chi connectivity index (χ2v) is 9.87. The third-order valence-electron chi connectivity index (χ3n) is 5.29. The van der Waals surface area contributed by atoms with Crippen molar-refractivity contribution in [1.29, 1.82) is 5.41 Å². The summed E-state index contributed by atoms with van der Waals surface area (Å²) in [6.07, 6.45) is 2.79. The Bertz CT molecular complexity index is 1500. The number of nitrogen functional groups attached to an aromatic ring is 1. The number of rotatable bonds is 8. The number of para-hydroxylation sites is 2. The van der Waals surface area contributed by atoms with Crippen LogP contribution in [0.4, 0.5) is 28.6 Å². The van der Waals surface area contributed by atoms with Gasteiger partial charge in [0, 0.05) is 40.6 Å². The van der Waals surface area contributed by atoms with E-state index in [0.29, 0.717) is 39.8 Å². The zero-order chi connectivity index (χ0) is 25.0. The van der Waals surface area contributed by atoms with Gasteiger partial charge in [-0.15, -0.1) is 0 Å². The molecular formula is C26H25N5O3S. The molecule has 0 atom stereocenters. The molecule has 0 aliphatic rings. The zero-order valence-corrected chi connectivity index (χ0v) is 20.1. The molecule has 0 unspecified atom stereocenters. The van der Waals surface area contributed by atoms with Crippen LogP contribution in [0.2, 0.25) is 0 Å². The first-order chi connectivity index (χ1) is 16.7. The number of hydrogen-bond donors (Lipinski definition) is 4. The van der Waals surface area contributed by atoms with E-state index in [-0.39, 0.29) is 10.6 Å². The minimum Gasteiger partial charge on any atom is -0.495 e. The lowest BCUT2D eigenvalue weighted by atomic mass is 10.0. The second-order valence-electron chi connectivity index (χ2n) is 7.86. The molecule has 0 bridgehead atoms. The summed E-state index contributed by atoms with van der Waals surface area (Å²) in [4.78, 5) is 4.57. The van der Waals surface area contributed by atoms with Crippen molar-refractivity contribution in [3.05, 3.63) is 96.2 Å². The molecule has 0 spiro atoms. The molecule has 178 valence electrons. The number of methoxy groups -OCH3 is 1. The summed E-state index contributed by atoms with van der Waals surface area (Å²) in [5.74, 6) is 1.24. The molecule has 1 heterocycles. The Morgan fingerprint density at radius 1 is 0.943 bits per heavy atom. The lowest BCUT2D eigenvalue weighted by Crippen LogP contribution is -2.07. The Hall–Kier alpha value is -4.37. The van der Waals surface area contributed by atoms with Gasteiger partial charge in [-0.05, 0) is 60.7 Å². The van der Waals surface area contributed by atoms with Crippen LogP contribution in [0, 0.1) is 5.41 Å². The van der Waals surface area contributed by atoms with E-state index in [1.54, 1.807) is 67.9 Å². The van der Waals surface area contributed by atoms with Crippen LogP contribution in [0.25, 0.3) is 0 Å². The van der Waals surface area contributed by atoms with Crippen LogP contribution in [-0.4, -0.2) is 32.5 Å². The van der Waals surface area contributed by atoms with Gasteiger partial charge in [-0.2, -0.15) is 0 Å². The van der Waals surface area contributed by atoms with Gasteiger partial charge in [-0.1, -0.05) is 18.2 Å². The van der Waals surface area contributed by atoms with Gasteiger partial charge in [-0.25, -0.2) is 13.4 Å². The molecule has 35 heavy (non-hydrogen) atoms. The Kier molecular flexibility index (Phi) is 6.70. The molecule has 0 fully saturated rings. The van der Waals surface area contributed by atoms with E-state index in [1.165, 1.54) is 6.26 Å². The monoisotopic (exact) mass is 487 g/mol. The predicted molar refractivity (Wildman–Crippen MR) is 140 cm³/mol. The number of sulfone groups is 1. The fourth-order valence-electron chi connectivity index (χ4n) is 3.52. The van der Waals surface area contributed by atoms with Crippen LogP contribution in [0.1, 0.15) is 11.1 Å². The third kappa shape index (κ3) is 5.59. The fraction of sp³-hybridized carbons (Fsp3) is 0.0769. The number of nitrogens with two attached hydrogens (primary N) is 1. The van der Waals surface area contributed by atoms with Crippen LogP contribution in [0.15, 0.2) is 90.0 Å². The first-order valence-corrected chi connectivity index (χ1v) is 12.6. The molecule has 0 saturated carbocycles. The van der Waals surface area contributed by atoms with Crippen molar-refractivity contribution < 1.29 is 13.2 Å². The number of pyridine rings is 1. The lowest BCUT2D eigenvalue weighted by molar-refractivity contribution is 0.417. The van der Waals surface area contributed by atoms with Gasteiger partial charge in [-0.3, -0.25) is 5.41 Å².